The molecule has 2 unspecified atom stereocenters. The average molecular weight is 205 g/mol. The molecule has 0 amide bonds. The zero-order valence-electron chi connectivity index (χ0n) is 6.05. The molecule has 1 saturated heterocycles. The standard InChI is InChI=1S/C8H13BrO/c9-4-8-3-7(5-10-8)6-1-2-6/h6-8H,1-5H2. The van der Waals surface area contributed by atoms with Gasteiger partial charge in [-0.05, 0) is 31.1 Å². The molecular weight excluding hydrogens is 192 g/mol. The highest BCUT2D eigenvalue weighted by Gasteiger charge is 2.36. The summed E-state index contributed by atoms with van der Waals surface area (Å²) < 4.78 is 5.57. The van der Waals surface area contributed by atoms with Crippen LogP contribution in [0.2, 0.25) is 0 Å². The van der Waals surface area contributed by atoms with E-state index >= 15 is 0 Å². The molecule has 1 nitrogen and oxygen atoms in total. The summed E-state index contributed by atoms with van der Waals surface area (Å²) in [5.41, 5.74) is 0. The van der Waals surface area contributed by atoms with E-state index in [9.17, 15) is 0 Å². The molecule has 2 rings (SSSR count). The summed E-state index contributed by atoms with van der Waals surface area (Å²) in [4.78, 5) is 0. The summed E-state index contributed by atoms with van der Waals surface area (Å²) in [6, 6.07) is 0. The lowest BCUT2D eigenvalue weighted by Gasteiger charge is -2.03. The van der Waals surface area contributed by atoms with Crippen LogP contribution < -0.4 is 0 Å². The first-order valence-corrected chi connectivity index (χ1v) is 5.20. The molecule has 0 radical (unpaired) electrons. The zero-order valence-corrected chi connectivity index (χ0v) is 7.64. The van der Waals surface area contributed by atoms with Crippen LogP contribution in [0, 0.1) is 11.8 Å². The fraction of sp³-hybridized carbons (Fsp3) is 1.00. The Kier molecular flexibility index (Phi) is 2.01. The van der Waals surface area contributed by atoms with Crippen molar-refractivity contribution in [1.29, 1.82) is 0 Å². The highest BCUT2D eigenvalue weighted by Crippen LogP contribution is 2.42. The van der Waals surface area contributed by atoms with Crippen molar-refractivity contribution < 1.29 is 4.74 Å². The monoisotopic (exact) mass is 204 g/mol. The normalized spacial score (nSPS) is 40.5. The van der Waals surface area contributed by atoms with Crippen LogP contribution in [0.25, 0.3) is 0 Å². The largest absolute Gasteiger partial charge is 0.377 e. The third-order valence-corrected chi connectivity index (χ3v) is 3.29. The van der Waals surface area contributed by atoms with Gasteiger partial charge in [0.1, 0.15) is 0 Å². The van der Waals surface area contributed by atoms with Gasteiger partial charge in [0.2, 0.25) is 0 Å². The zero-order chi connectivity index (χ0) is 6.97. The maximum atomic E-state index is 5.57. The molecule has 0 aromatic heterocycles. The summed E-state index contributed by atoms with van der Waals surface area (Å²) in [6.45, 7) is 1.03. The van der Waals surface area contributed by atoms with Crippen LogP contribution >= 0.6 is 15.9 Å². The highest BCUT2D eigenvalue weighted by molar-refractivity contribution is 9.09. The molecule has 1 heterocycles. The van der Waals surface area contributed by atoms with Crippen LogP contribution in [0.5, 0.6) is 0 Å². The van der Waals surface area contributed by atoms with Crippen LogP contribution in [-0.2, 0) is 4.74 Å². The number of halogens is 1. The van der Waals surface area contributed by atoms with Gasteiger partial charge in [0.15, 0.2) is 0 Å². The Hall–Kier alpha value is 0.440. The van der Waals surface area contributed by atoms with Crippen LogP contribution in [0.15, 0.2) is 0 Å². The van der Waals surface area contributed by atoms with E-state index in [1.807, 2.05) is 0 Å². The van der Waals surface area contributed by atoms with E-state index in [4.69, 9.17) is 4.74 Å². The minimum atomic E-state index is 0.519. The van der Waals surface area contributed by atoms with Crippen molar-refractivity contribution in [2.45, 2.75) is 25.4 Å². The van der Waals surface area contributed by atoms with Crippen LogP contribution in [-0.4, -0.2) is 18.0 Å². The molecule has 1 saturated carbocycles. The SMILES string of the molecule is BrCC1CC(C2CC2)CO1. The number of rotatable bonds is 2. The Morgan fingerprint density at radius 1 is 1.30 bits per heavy atom. The third-order valence-electron chi connectivity index (χ3n) is 2.57. The third kappa shape index (κ3) is 1.37. The minimum Gasteiger partial charge on any atom is -0.377 e. The van der Waals surface area contributed by atoms with Gasteiger partial charge in [-0.1, -0.05) is 15.9 Å². The predicted octanol–water partition coefficient (Wildman–Crippen LogP) is 2.20. The second-order valence-electron chi connectivity index (χ2n) is 3.44. The molecule has 2 aliphatic rings. The van der Waals surface area contributed by atoms with Gasteiger partial charge in [-0.25, -0.2) is 0 Å². The maximum absolute atomic E-state index is 5.57. The van der Waals surface area contributed by atoms with Crippen molar-refractivity contribution in [1.82, 2.24) is 0 Å². The van der Waals surface area contributed by atoms with Gasteiger partial charge in [0.25, 0.3) is 0 Å². The fourth-order valence-electron chi connectivity index (χ4n) is 1.74. The van der Waals surface area contributed by atoms with Crippen molar-refractivity contribution in [2.24, 2.45) is 11.8 Å². The van der Waals surface area contributed by atoms with Crippen LogP contribution in [0.3, 0.4) is 0 Å². The minimum absolute atomic E-state index is 0.519. The van der Waals surface area contributed by atoms with E-state index in [1.165, 1.54) is 19.3 Å². The smallest absolute Gasteiger partial charge is 0.0675 e. The van der Waals surface area contributed by atoms with Crippen molar-refractivity contribution >= 4 is 15.9 Å². The topological polar surface area (TPSA) is 9.23 Å². The Labute approximate surface area is 70.3 Å². The molecule has 2 fully saturated rings. The predicted molar refractivity (Wildman–Crippen MR) is 44.4 cm³/mol. The van der Waals surface area contributed by atoms with Gasteiger partial charge in [-0.3, -0.25) is 0 Å². The van der Waals surface area contributed by atoms with E-state index in [-0.39, 0.29) is 0 Å². The molecule has 58 valence electrons. The van der Waals surface area contributed by atoms with E-state index < -0.39 is 0 Å². The number of alkyl halides is 1. The fourth-order valence-corrected chi connectivity index (χ4v) is 2.19. The first kappa shape index (κ1) is 7.11. The van der Waals surface area contributed by atoms with Crippen molar-refractivity contribution in [3.8, 4) is 0 Å². The number of ether oxygens (including phenoxy) is 1. The van der Waals surface area contributed by atoms with E-state index in [0.29, 0.717) is 6.10 Å². The lowest BCUT2D eigenvalue weighted by atomic mass is 10.0. The summed E-state index contributed by atoms with van der Waals surface area (Å²) in [5.74, 6) is 1.94. The molecular formula is C8H13BrO. The van der Waals surface area contributed by atoms with E-state index in [2.05, 4.69) is 15.9 Å². The van der Waals surface area contributed by atoms with Gasteiger partial charge in [-0.15, -0.1) is 0 Å². The molecule has 0 aromatic carbocycles. The molecule has 2 heteroatoms. The van der Waals surface area contributed by atoms with Gasteiger partial charge in [0, 0.05) is 5.33 Å². The number of hydrogen-bond donors (Lipinski definition) is 0. The van der Waals surface area contributed by atoms with Crippen molar-refractivity contribution in [2.75, 3.05) is 11.9 Å². The van der Waals surface area contributed by atoms with Crippen molar-refractivity contribution in [3.05, 3.63) is 0 Å². The van der Waals surface area contributed by atoms with Gasteiger partial charge in [-0.2, -0.15) is 0 Å². The molecule has 1 aliphatic carbocycles. The number of hydrogen-bond acceptors (Lipinski definition) is 1. The molecule has 0 aromatic rings. The van der Waals surface area contributed by atoms with Crippen LogP contribution in [0.1, 0.15) is 19.3 Å². The van der Waals surface area contributed by atoms with Gasteiger partial charge >= 0.3 is 0 Å². The lowest BCUT2D eigenvalue weighted by molar-refractivity contribution is 0.122. The second kappa shape index (κ2) is 2.82. The molecule has 10 heavy (non-hydrogen) atoms. The summed E-state index contributed by atoms with van der Waals surface area (Å²) in [5, 5.41) is 1.02. The quantitative estimate of drug-likeness (QED) is 0.628. The molecule has 0 bridgehead atoms. The molecule has 1 aliphatic heterocycles. The summed E-state index contributed by atoms with van der Waals surface area (Å²) in [7, 11) is 0. The summed E-state index contributed by atoms with van der Waals surface area (Å²) in [6.07, 6.45) is 4.74. The Morgan fingerprint density at radius 3 is 2.60 bits per heavy atom. The summed E-state index contributed by atoms with van der Waals surface area (Å²) >= 11 is 3.45. The van der Waals surface area contributed by atoms with Gasteiger partial charge < -0.3 is 4.74 Å². The van der Waals surface area contributed by atoms with E-state index in [1.54, 1.807) is 0 Å². The van der Waals surface area contributed by atoms with Gasteiger partial charge in [0.05, 0.1) is 12.7 Å². The van der Waals surface area contributed by atoms with Crippen LogP contribution in [0.4, 0.5) is 0 Å². The molecule has 0 spiro atoms. The molecule has 2 atom stereocenters. The lowest BCUT2D eigenvalue weighted by Crippen LogP contribution is -2.05. The maximum Gasteiger partial charge on any atom is 0.0675 e. The Bertz CT molecular complexity index is 122. The first-order chi connectivity index (χ1) is 4.90. The Morgan fingerprint density at radius 2 is 2.10 bits per heavy atom. The first-order valence-electron chi connectivity index (χ1n) is 4.07. The average Bonchev–Trinajstić information content (AvgIpc) is 2.70. The van der Waals surface area contributed by atoms with E-state index in [0.717, 1.165) is 23.8 Å². The Balaban J connectivity index is 1.81. The molecule has 0 N–H and O–H groups in total. The highest BCUT2D eigenvalue weighted by atomic mass is 79.9. The second-order valence-corrected chi connectivity index (χ2v) is 4.09. The van der Waals surface area contributed by atoms with Crippen molar-refractivity contribution in [3.63, 3.8) is 0 Å².